The standard InChI is InChI=1S/C18H28N2O2/c1-14-9-8-10-16(13-14)15(2)19-11-6-7-12-20-17(21)22-18(3,4)5/h6-10,13,15,19H,11-12H2,1-5H3,(H,20,21)/b7-6+. The number of alkyl carbamates (subject to hydrolysis) is 1. The maximum Gasteiger partial charge on any atom is 0.407 e. The van der Waals surface area contributed by atoms with Gasteiger partial charge < -0.3 is 15.4 Å². The zero-order valence-corrected chi connectivity index (χ0v) is 14.3. The van der Waals surface area contributed by atoms with Crippen molar-refractivity contribution in [1.29, 1.82) is 0 Å². The average molecular weight is 304 g/mol. The van der Waals surface area contributed by atoms with Gasteiger partial charge in [0.15, 0.2) is 0 Å². The highest BCUT2D eigenvalue weighted by atomic mass is 16.6. The Labute approximate surface area is 133 Å². The Morgan fingerprint density at radius 3 is 2.59 bits per heavy atom. The quantitative estimate of drug-likeness (QED) is 0.787. The fraction of sp³-hybridized carbons (Fsp3) is 0.500. The first kappa shape index (κ1) is 18.2. The molecule has 22 heavy (non-hydrogen) atoms. The minimum atomic E-state index is -0.460. The van der Waals surface area contributed by atoms with Gasteiger partial charge in [-0.2, -0.15) is 0 Å². The average Bonchev–Trinajstić information content (AvgIpc) is 2.40. The maximum atomic E-state index is 11.4. The number of nitrogens with one attached hydrogen (secondary N) is 2. The lowest BCUT2D eigenvalue weighted by Crippen LogP contribution is -2.32. The molecule has 1 aromatic carbocycles. The van der Waals surface area contributed by atoms with Crippen molar-refractivity contribution in [3.8, 4) is 0 Å². The lowest BCUT2D eigenvalue weighted by atomic mass is 10.1. The van der Waals surface area contributed by atoms with Gasteiger partial charge in [-0.1, -0.05) is 42.0 Å². The van der Waals surface area contributed by atoms with Crippen molar-refractivity contribution in [2.45, 2.75) is 46.3 Å². The van der Waals surface area contributed by atoms with E-state index in [1.807, 2.05) is 32.9 Å². The first-order chi connectivity index (χ1) is 10.3. The molecular weight excluding hydrogens is 276 g/mol. The number of ether oxygens (including phenoxy) is 1. The Balaban J connectivity index is 2.22. The normalized spacial score (nSPS) is 13.1. The summed E-state index contributed by atoms with van der Waals surface area (Å²) in [5, 5.41) is 6.11. The van der Waals surface area contributed by atoms with Crippen LogP contribution in [-0.2, 0) is 4.74 Å². The van der Waals surface area contributed by atoms with Gasteiger partial charge in [0.05, 0.1) is 0 Å². The van der Waals surface area contributed by atoms with Crippen LogP contribution in [-0.4, -0.2) is 24.8 Å². The molecule has 0 aromatic heterocycles. The van der Waals surface area contributed by atoms with E-state index in [9.17, 15) is 4.79 Å². The van der Waals surface area contributed by atoms with Crippen molar-refractivity contribution < 1.29 is 9.53 Å². The van der Waals surface area contributed by atoms with E-state index >= 15 is 0 Å². The van der Waals surface area contributed by atoms with Crippen LogP contribution in [0.15, 0.2) is 36.4 Å². The fourth-order valence-corrected chi connectivity index (χ4v) is 1.93. The smallest absolute Gasteiger partial charge is 0.407 e. The number of benzene rings is 1. The second kappa shape index (κ2) is 8.59. The summed E-state index contributed by atoms with van der Waals surface area (Å²) in [7, 11) is 0. The summed E-state index contributed by atoms with van der Waals surface area (Å²) < 4.78 is 5.15. The molecule has 0 aliphatic carbocycles. The third-order valence-electron chi connectivity index (χ3n) is 3.01. The summed E-state index contributed by atoms with van der Waals surface area (Å²) in [4.78, 5) is 11.4. The topological polar surface area (TPSA) is 50.4 Å². The molecule has 0 bridgehead atoms. The Morgan fingerprint density at radius 1 is 1.27 bits per heavy atom. The highest BCUT2D eigenvalue weighted by Crippen LogP contribution is 2.13. The van der Waals surface area contributed by atoms with Gasteiger partial charge in [0.2, 0.25) is 0 Å². The number of carbonyl (C=O) groups excluding carboxylic acids is 1. The number of hydrogen-bond donors (Lipinski definition) is 2. The third kappa shape index (κ3) is 7.84. The number of aryl methyl sites for hydroxylation is 1. The molecule has 0 fully saturated rings. The molecule has 0 saturated heterocycles. The van der Waals surface area contributed by atoms with Crippen molar-refractivity contribution in [1.82, 2.24) is 10.6 Å². The molecule has 1 atom stereocenters. The van der Waals surface area contributed by atoms with Crippen LogP contribution in [0.2, 0.25) is 0 Å². The molecule has 1 aromatic rings. The Kier molecular flexibility index (Phi) is 7.12. The molecule has 0 saturated carbocycles. The van der Waals surface area contributed by atoms with Gasteiger partial charge in [0.25, 0.3) is 0 Å². The van der Waals surface area contributed by atoms with Crippen LogP contribution < -0.4 is 10.6 Å². The molecular formula is C18H28N2O2. The van der Waals surface area contributed by atoms with E-state index in [2.05, 4.69) is 48.7 Å². The van der Waals surface area contributed by atoms with Crippen molar-refractivity contribution in [2.24, 2.45) is 0 Å². The molecule has 0 aliphatic heterocycles. The lowest BCUT2D eigenvalue weighted by Gasteiger charge is -2.19. The maximum absolute atomic E-state index is 11.4. The zero-order chi connectivity index (χ0) is 16.6. The molecule has 0 aliphatic rings. The predicted molar refractivity (Wildman–Crippen MR) is 91.0 cm³/mol. The molecule has 0 spiro atoms. The van der Waals surface area contributed by atoms with E-state index in [1.54, 1.807) is 0 Å². The van der Waals surface area contributed by atoms with E-state index < -0.39 is 11.7 Å². The summed E-state index contributed by atoms with van der Waals surface area (Å²) in [5.74, 6) is 0. The van der Waals surface area contributed by atoms with Gasteiger partial charge in [-0.05, 0) is 40.2 Å². The largest absolute Gasteiger partial charge is 0.444 e. The number of rotatable bonds is 6. The van der Waals surface area contributed by atoms with Crippen LogP contribution in [0.1, 0.15) is 44.9 Å². The minimum absolute atomic E-state index is 0.295. The van der Waals surface area contributed by atoms with Crippen LogP contribution in [0, 0.1) is 6.92 Å². The molecule has 0 heterocycles. The zero-order valence-electron chi connectivity index (χ0n) is 14.3. The highest BCUT2D eigenvalue weighted by molar-refractivity contribution is 5.67. The van der Waals surface area contributed by atoms with E-state index in [1.165, 1.54) is 11.1 Å². The van der Waals surface area contributed by atoms with Crippen molar-refractivity contribution in [3.05, 3.63) is 47.5 Å². The molecule has 1 unspecified atom stereocenters. The molecule has 4 nitrogen and oxygen atoms in total. The van der Waals surface area contributed by atoms with Gasteiger partial charge in [-0.3, -0.25) is 0 Å². The summed E-state index contributed by atoms with van der Waals surface area (Å²) in [6, 6.07) is 8.77. The van der Waals surface area contributed by atoms with E-state index in [-0.39, 0.29) is 0 Å². The van der Waals surface area contributed by atoms with Crippen LogP contribution in [0.4, 0.5) is 4.79 Å². The molecule has 4 heteroatoms. The third-order valence-corrected chi connectivity index (χ3v) is 3.01. The van der Waals surface area contributed by atoms with Crippen molar-refractivity contribution >= 4 is 6.09 Å². The highest BCUT2D eigenvalue weighted by Gasteiger charge is 2.14. The summed E-state index contributed by atoms with van der Waals surface area (Å²) >= 11 is 0. The van der Waals surface area contributed by atoms with Crippen LogP contribution in [0.3, 0.4) is 0 Å². The molecule has 1 rings (SSSR count). The van der Waals surface area contributed by atoms with Crippen molar-refractivity contribution in [3.63, 3.8) is 0 Å². The second-order valence-corrected chi connectivity index (χ2v) is 6.40. The summed E-state index contributed by atoms with van der Waals surface area (Å²) in [5.41, 5.74) is 2.09. The molecule has 122 valence electrons. The molecule has 2 N–H and O–H groups in total. The first-order valence-corrected chi connectivity index (χ1v) is 7.70. The van der Waals surface area contributed by atoms with Gasteiger partial charge in [-0.25, -0.2) is 4.79 Å². The van der Waals surface area contributed by atoms with Gasteiger partial charge in [-0.15, -0.1) is 0 Å². The van der Waals surface area contributed by atoms with Gasteiger partial charge in [0.1, 0.15) is 5.60 Å². The second-order valence-electron chi connectivity index (χ2n) is 6.40. The number of hydrogen-bond acceptors (Lipinski definition) is 3. The minimum Gasteiger partial charge on any atom is -0.444 e. The Hall–Kier alpha value is -1.81. The lowest BCUT2D eigenvalue weighted by molar-refractivity contribution is 0.0534. The summed E-state index contributed by atoms with van der Waals surface area (Å²) in [6.45, 7) is 11.0. The molecule has 1 amide bonds. The van der Waals surface area contributed by atoms with Crippen LogP contribution >= 0.6 is 0 Å². The Morgan fingerprint density at radius 2 is 1.95 bits per heavy atom. The van der Waals surface area contributed by atoms with E-state index in [4.69, 9.17) is 4.74 Å². The first-order valence-electron chi connectivity index (χ1n) is 7.70. The number of amides is 1. The van der Waals surface area contributed by atoms with Crippen molar-refractivity contribution in [2.75, 3.05) is 13.1 Å². The van der Waals surface area contributed by atoms with Gasteiger partial charge in [0, 0.05) is 19.1 Å². The monoisotopic (exact) mass is 304 g/mol. The van der Waals surface area contributed by atoms with E-state index in [0.29, 0.717) is 12.6 Å². The van der Waals surface area contributed by atoms with Crippen LogP contribution in [0.25, 0.3) is 0 Å². The predicted octanol–water partition coefficient (Wildman–Crippen LogP) is 3.73. The van der Waals surface area contributed by atoms with E-state index in [0.717, 1.165) is 6.54 Å². The van der Waals surface area contributed by atoms with Crippen LogP contribution in [0.5, 0.6) is 0 Å². The molecule has 0 radical (unpaired) electrons. The summed E-state index contributed by atoms with van der Waals surface area (Å²) in [6.07, 6.45) is 3.53. The number of carbonyl (C=O) groups is 1. The SMILES string of the molecule is Cc1cccc(C(C)NC/C=C/CNC(=O)OC(C)(C)C)c1. The van der Waals surface area contributed by atoms with Gasteiger partial charge >= 0.3 is 6.09 Å². The Bertz CT molecular complexity index is 504. The fourth-order valence-electron chi connectivity index (χ4n) is 1.93.